The second-order valence-corrected chi connectivity index (χ2v) is 8.11. The Bertz CT molecular complexity index is 809. The van der Waals surface area contributed by atoms with Crippen LogP contribution >= 0.6 is 0 Å². The summed E-state index contributed by atoms with van der Waals surface area (Å²) in [5, 5.41) is 0. The first-order valence-electron chi connectivity index (χ1n) is 12.0. The van der Waals surface area contributed by atoms with Gasteiger partial charge in [-0.25, -0.2) is 0 Å². The Morgan fingerprint density at radius 1 is 0.613 bits per heavy atom. The summed E-state index contributed by atoms with van der Waals surface area (Å²) >= 11 is 0. The van der Waals surface area contributed by atoms with Crippen LogP contribution in [0.5, 0.6) is 0 Å². The average Bonchev–Trinajstić information content (AvgIpc) is 2.77. The van der Waals surface area contributed by atoms with E-state index in [4.69, 9.17) is 9.98 Å². The van der Waals surface area contributed by atoms with E-state index in [-0.39, 0.29) is 16.5 Å². The molecule has 0 N–H and O–H groups in total. The second-order valence-electron chi connectivity index (χ2n) is 8.11. The first kappa shape index (κ1) is 27.3. The van der Waals surface area contributed by atoms with Crippen molar-refractivity contribution < 1.29 is 16.5 Å². The van der Waals surface area contributed by atoms with Crippen LogP contribution in [0.25, 0.3) is 0 Å². The molecule has 2 nitrogen and oxygen atoms in total. The fourth-order valence-corrected chi connectivity index (χ4v) is 3.73. The Kier molecular flexibility index (Phi) is 14.1. The Balaban J connectivity index is 0.00000480. The minimum Gasteiger partial charge on any atom is -0.252 e. The van der Waals surface area contributed by atoms with E-state index in [2.05, 4.69) is 70.2 Å². The molecule has 0 bridgehead atoms. The van der Waals surface area contributed by atoms with Gasteiger partial charge in [-0.3, -0.25) is 9.98 Å². The molecule has 2 rings (SSSR count). The Morgan fingerprint density at radius 2 is 1.16 bits per heavy atom. The van der Waals surface area contributed by atoms with Crippen molar-refractivity contribution in [2.45, 2.75) is 91.9 Å². The SMILES string of the molecule is CCCCC(=Nc1ccccc1)C(CCCC)=Nc1ccc(CCC)c(CCC)c1.[Ni]. The van der Waals surface area contributed by atoms with E-state index in [9.17, 15) is 0 Å². The van der Waals surface area contributed by atoms with E-state index < -0.39 is 0 Å². The molecule has 0 saturated heterocycles. The van der Waals surface area contributed by atoms with Crippen LogP contribution in [-0.2, 0) is 29.3 Å². The molecule has 0 radical (unpaired) electrons. The molecule has 2 aromatic carbocycles. The number of aliphatic imine (C=N–C) groups is 2. The number of nitrogens with zero attached hydrogens (tertiary/aromatic N) is 2. The zero-order valence-corrected chi connectivity index (χ0v) is 20.9. The van der Waals surface area contributed by atoms with Crippen molar-refractivity contribution in [1.29, 1.82) is 0 Å². The van der Waals surface area contributed by atoms with Crippen LogP contribution in [-0.4, -0.2) is 11.4 Å². The zero-order chi connectivity index (χ0) is 21.6. The van der Waals surface area contributed by atoms with Crippen molar-refractivity contribution in [1.82, 2.24) is 0 Å². The molecule has 0 aliphatic heterocycles. The van der Waals surface area contributed by atoms with Gasteiger partial charge in [0.05, 0.1) is 22.8 Å². The van der Waals surface area contributed by atoms with E-state index in [1.54, 1.807) is 0 Å². The van der Waals surface area contributed by atoms with Crippen LogP contribution in [0.2, 0.25) is 0 Å². The number of unbranched alkanes of at least 4 members (excludes halogenated alkanes) is 2. The quantitative estimate of drug-likeness (QED) is 0.209. The smallest absolute Gasteiger partial charge is 0.0636 e. The van der Waals surface area contributed by atoms with Crippen molar-refractivity contribution in [3.63, 3.8) is 0 Å². The van der Waals surface area contributed by atoms with Crippen LogP contribution in [0.3, 0.4) is 0 Å². The molecule has 2 aromatic rings. The van der Waals surface area contributed by atoms with Gasteiger partial charge >= 0.3 is 0 Å². The summed E-state index contributed by atoms with van der Waals surface area (Å²) in [4.78, 5) is 10.2. The van der Waals surface area contributed by atoms with Gasteiger partial charge in [0.1, 0.15) is 0 Å². The first-order chi connectivity index (χ1) is 14.7. The number of hydrogen-bond acceptors (Lipinski definition) is 2. The first-order valence-corrected chi connectivity index (χ1v) is 12.0. The predicted molar refractivity (Wildman–Crippen MR) is 134 cm³/mol. The van der Waals surface area contributed by atoms with Gasteiger partial charge < -0.3 is 0 Å². The van der Waals surface area contributed by atoms with Gasteiger partial charge in [-0.05, 0) is 73.9 Å². The third-order valence-corrected chi connectivity index (χ3v) is 5.38. The molecule has 0 heterocycles. The van der Waals surface area contributed by atoms with Gasteiger partial charge in [-0.1, -0.05) is 77.6 Å². The Hall–Kier alpha value is -1.73. The molecule has 3 heteroatoms. The molecule has 0 aromatic heterocycles. The van der Waals surface area contributed by atoms with E-state index >= 15 is 0 Å². The monoisotopic (exact) mass is 462 g/mol. The molecule has 0 spiro atoms. The van der Waals surface area contributed by atoms with E-state index in [0.29, 0.717) is 0 Å². The van der Waals surface area contributed by atoms with Gasteiger partial charge in [0.25, 0.3) is 0 Å². The number of aryl methyl sites for hydroxylation is 2. The Labute approximate surface area is 200 Å². The fraction of sp³-hybridized carbons (Fsp3) is 0.500. The van der Waals surface area contributed by atoms with E-state index in [1.165, 1.54) is 42.5 Å². The molecule has 0 saturated carbocycles. The summed E-state index contributed by atoms with van der Waals surface area (Å²) in [6, 6.07) is 17.2. The molecule has 172 valence electrons. The summed E-state index contributed by atoms with van der Waals surface area (Å²) < 4.78 is 0. The summed E-state index contributed by atoms with van der Waals surface area (Å²) in [7, 11) is 0. The fourth-order valence-electron chi connectivity index (χ4n) is 3.73. The zero-order valence-electron chi connectivity index (χ0n) is 19.9. The maximum atomic E-state index is 5.18. The van der Waals surface area contributed by atoms with Crippen molar-refractivity contribution >= 4 is 22.8 Å². The van der Waals surface area contributed by atoms with Crippen LogP contribution in [0.1, 0.15) is 90.2 Å². The van der Waals surface area contributed by atoms with Crippen molar-refractivity contribution in [3.8, 4) is 0 Å². The van der Waals surface area contributed by atoms with Gasteiger partial charge in [0, 0.05) is 16.5 Å². The molecular weight excluding hydrogens is 423 g/mol. The van der Waals surface area contributed by atoms with Gasteiger partial charge in [0.15, 0.2) is 0 Å². The number of hydrogen-bond donors (Lipinski definition) is 0. The number of para-hydroxylation sites is 1. The van der Waals surface area contributed by atoms with Gasteiger partial charge in [-0.2, -0.15) is 0 Å². The number of benzene rings is 2. The number of rotatable bonds is 13. The van der Waals surface area contributed by atoms with Crippen LogP contribution < -0.4 is 0 Å². The molecular formula is C28H40N2Ni. The van der Waals surface area contributed by atoms with E-state index in [0.717, 1.165) is 55.6 Å². The predicted octanol–water partition coefficient (Wildman–Crippen LogP) is 8.81. The summed E-state index contributed by atoms with van der Waals surface area (Å²) in [6.45, 7) is 9.00. The topological polar surface area (TPSA) is 24.7 Å². The third kappa shape index (κ3) is 9.52. The summed E-state index contributed by atoms with van der Waals surface area (Å²) in [5.74, 6) is 0. The molecule has 0 fully saturated rings. The van der Waals surface area contributed by atoms with Crippen molar-refractivity contribution in [2.24, 2.45) is 9.98 Å². The minimum atomic E-state index is 0. The van der Waals surface area contributed by atoms with E-state index in [1.807, 2.05) is 6.07 Å². The van der Waals surface area contributed by atoms with Gasteiger partial charge in [0.2, 0.25) is 0 Å². The molecule has 0 atom stereocenters. The van der Waals surface area contributed by atoms with Gasteiger partial charge in [-0.15, -0.1) is 0 Å². The van der Waals surface area contributed by atoms with Crippen molar-refractivity contribution in [2.75, 3.05) is 0 Å². The summed E-state index contributed by atoms with van der Waals surface area (Å²) in [6.07, 6.45) is 11.2. The summed E-state index contributed by atoms with van der Waals surface area (Å²) in [5.41, 5.74) is 7.38. The Morgan fingerprint density at radius 3 is 1.71 bits per heavy atom. The van der Waals surface area contributed by atoms with Crippen LogP contribution in [0, 0.1) is 0 Å². The second kappa shape index (κ2) is 16.0. The molecule has 0 unspecified atom stereocenters. The normalized spacial score (nSPS) is 12.0. The van der Waals surface area contributed by atoms with Crippen molar-refractivity contribution in [3.05, 3.63) is 59.7 Å². The maximum Gasteiger partial charge on any atom is 0.0636 e. The molecule has 0 aliphatic rings. The van der Waals surface area contributed by atoms with Crippen LogP contribution in [0.4, 0.5) is 11.4 Å². The maximum absolute atomic E-state index is 5.18. The standard InChI is InChI=1S/C28H40N2.Ni/c1-5-9-18-27(29-25-16-12-11-13-17-25)28(19-10-6-2)30-26-21-20-23(14-7-3)24(22-26)15-8-4;/h11-13,16-17,20-22H,5-10,14-15,18-19H2,1-4H3;. The molecule has 0 amide bonds. The molecule has 31 heavy (non-hydrogen) atoms. The van der Waals surface area contributed by atoms with Crippen LogP contribution in [0.15, 0.2) is 58.5 Å². The minimum absolute atomic E-state index is 0. The molecule has 0 aliphatic carbocycles. The third-order valence-electron chi connectivity index (χ3n) is 5.38. The largest absolute Gasteiger partial charge is 0.252 e. The average molecular weight is 463 g/mol.